The molecule has 5 nitrogen and oxygen atoms in total. The summed E-state index contributed by atoms with van der Waals surface area (Å²) in [4.78, 5) is 11.6. The number of amides is 1. The maximum atomic E-state index is 11.8. The third-order valence-electron chi connectivity index (χ3n) is 2.76. The Balaban J connectivity index is 1.73. The molecule has 0 saturated carbocycles. The highest BCUT2D eigenvalue weighted by Gasteiger charge is 2.15. The zero-order valence-corrected chi connectivity index (χ0v) is 12.9. The molecule has 2 N–H and O–H groups in total. The van der Waals surface area contributed by atoms with Crippen LogP contribution in [0.15, 0.2) is 52.1 Å². The molecule has 112 valence electrons. The maximum absolute atomic E-state index is 11.8. The number of carbonyl (C=O) groups is 1. The lowest BCUT2D eigenvalue weighted by Crippen LogP contribution is -2.37. The molecular formula is C14H16N2O3S2. The Morgan fingerprint density at radius 1 is 1.10 bits per heavy atom. The molecule has 0 atom stereocenters. The van der Waals surface area contributed by atoms with E-state index in [0.717, 1.165) is 16.9 Å². The molecule has 1 amide bonds. The van der Waals surface area contributed by atoms with Crippen molar-refractivity contribution in [3.05, 3.63) is 53.4 Å². The van der Waals surface area contributed by atoms with E-state index in [1.807, 2.05) is 30.3 Å². The van der Waals surface area contributed by atoms with Gasteiger partial charge in [0.1, 0.15) is 4.21 Å². The van der Waals surface area contributed by atoms with Crippen molar-refractivity contribution in [2.24, 2.45) is 0 Å². The molecule has 0 saturated heterocycles. The Morgan fingerprint density at radius 3 is 2.52 bits per heavy atom. The van der Waals surface area contributed by atoms with Crippen LogP contribution in [0, 0.1) is 0 Å². The molecule has 0 fully saturated rings. The van der Waals surface area contributed by atoms with Crippen molar-refractivity contribution in [2.45, 2.75) is 10.6 Å². The summed E-state index contributed by atoms with van der Waals surface area (Å²) < 4.78 is 26.1. The highest BCUT2D eigenvalue weighted by molar-refractivity contribution is 7.91. The summed E-state index contributed by atoms with van der Waals surface area (Å²) in [7, 11) is -3.58. The molecular weight excluding hydrogens is 308 g/mol. The first-order chi connectivity index (χ1) is 10.1. The summed E-state index contributed by atoms with van der Waals surface area (Å²) in [5.74, 6) is -0.342. The van der Waals surface area contributed by atoms with Crippen molar-refractivity contribution in [1.29, 1.82) is 0 Å². The number of sulfonamides is 1. The van der Waals surface area contributed by atoms with Gasteiger partial charge in [-0.2, -0.15) is 0 Å². The topological polar surface area (TPSA) is 75.3 Å². The van der Waals surface area contributed by atoms with Gasteiger partial charge < -0.3 is 5.32 Å². The molecule has 1 heterocycles. The lowest BCUT2D eigenvalue weighted by molar-refractivity contribution is -0.119. The lowest BCUT2D eigenvalue weighted by atomic mass is 10.1. The fourth-order valence-corrected chi connectivity index (χ4v) is 3.72. The quantitative estimate of drug-likeness (QED) is 0.808. The molecule has 2 aromatic rings. The fourth-order valence-electron chi connectivity index (χ4n) is 1.70. The highest BCUT2D eigenvalue weighted by atomic mass is 32.2. The van der Waals surface area contributed by atoms with Crippen LogP contribution in [-0.2, 0) is 21.2 Å². The van der Waals surface area contributed by atoms with Gasteiger partial charge in [0.25, 0.3) is 10.0 Å². The predicted molar refractivity (Wildman–Crippen MR) is 82.7 cm³/mol. The third kappa shape index (κ3) is 4.96. The second-order valence-electron chi connectivity index (χ2n) is 4.34. The van der Waals surface area contributed by atoms with Crippen molar-refractivity contribution >= 4 is 27.3 Å². The van der Waals surface area contributed by atoms with Crippen LogP contribution in [0.2, 0.25) is 0 Å². The van der Waals surface area contributed by atoms with Crippen LogP contribution in [0.1, 0.15) is 5.56 Å². The number of benzene rings is 1. The van der Waals surface area contributed by atoms with E-state index in [0.29, 0.717) is 13.0 Å². The monoisotopic (exact) mass is 324 g/mol. The van der Waals surface area contributed by atoms with Crippen LogP contribution in [-0.4, -0.2) is 27.4 Å². The van der Waals surface area contributed by atoms with Gasteiger partial charge in [0.2, 0.25) is 5.91 Å². The standard InChI is InChI=1S/C14H16N2O3S2/c17-13(15-9-8-12-5-2-1-3-6-12)11-16-21(18,19)14-7-4-10-20-14/h1-7,10,16H,8-9,11H2,(H,15,17). The van der Waals surface area contributed by atoms with Crippen molar-refractivity contribution in [2.75, 3.05) is 13.1 Å². The normalized spacial score (nSPS) is 11.2. The van der Waals surface area contributed by atoms with Crippen molar-refractivity contribution in [3.63, 3.8) is 0 Å². The summed E-state index contributed by atoms with van der Waals surface area (Å²) >= 11 is 1.11. The number of nitrogens with one attached hydrogen (secondary N) is 2. The SMILES string of the molecule is O=C(CNS(=O)(=O)c1cccs1)NCCc1ccccc1. The molecule has 0 spiro atoms. The smallest absolute Gasteiger partial charge is 0.250 e. The van der Waals surface area contributed by atoms with Gasteiger partial charge in [-0.05, 0) is 23.4 Å². The minimum absolute atomic E-state index is 0.208. The van der Waals surface area contributed by atoms with Crippen LogP contribution in [0.4, 0.5) is 0 Å². The molecule has 1 aromatic carbocycles. The van der Waals surface area contributed by atoms with Crippen molar-refractivity contribution < 1.29 is 13.2 Å². The fraction of sp³-hybridized carbons (Fsp3) is 0.214. The van der Waals surface area contributed by atoms with Gasteiger partial charge in [0, 0.05) is 6.54 Å². The molecule has 21 heavy (non-hydrogen) atoms. The van der Waals surface area contributed by atoms with E-state index in [1.165, 1.54) is 6.07 Å². The van der Waals surface area contributed by atoms with E-state index in [-0.39, 0.29) is 16.7 Å². The van der Waals surface area contributed by atoms with Crippen LogP contribution >= 0.6 is 11.3 Å². The molecule has 1 aromatic heterocycles. The zero-order valence-electron chi connectivity index (χ0n) is 11.3. The average Bonchev–Trinajstić information content (AvgIpc) is 3.01. The van der Waals surface area contributed by atoms with E-state index in [2.05, 4.69) is 10.0 Å². The Hall–Kier alpha value is -1.70. The van der Waals surface area contributed by atoms with Crippen LogP contribution in [0.25, 0.3) is 0 Å². The number of hydrogen-bond acceptors (Lipinski definition) is 4. The Morgan fingerprint density at radius 2 is 1.86 bits per heavy atom. The Kier molecular flexibility index (Phi) is 5.49. The molecule has 0 unspecified atom stereocenters. The largest absolute Gasteiger partial charge is 0.355 e. The third-order valence-corrected chi connectivity index (χ3v) is 5.56. The first kappa shape index (κ1) is 15.7. The Bertz CT molecular complexity index is 668. The van der Waals surface area contributed by atoms with Gasteiger partial charge in [-0.25, -0.2) is 13.1 Å². The number of carbonyl (C=O) groups excluding carboxylic acids is 1. The van der Waals surface area contributed by atoms with Gasteiger partial charge >= 0.3 is 0 Å². The number of rotatable bonds is 7. The van der Waals surface area contributed by atoms with E-state index < -0.39 is 10.0 Å². The van der Waals surface area contributed by atoms with Crippen molar-refractivity contribution in [3.8, 4) is 0 Å². The molecule has 7 heteroatoms. The summed E-state index contributed by atoms with van der Waals surface area (Å²) in [6.45, 7) is 0.221. The molecule has 0 radical (unpaired) electrons. The van der Waals surface area contributed by atoms with E-state index in [4.69, 9.17) is 0 Å². The summed E-state index contributed by atoms with van der Waals surface area (Å²) in [5, 5.41) is 4.36. The van der Waals surface area contributed by atoms with Crippen molar-refractivity contribution in [1.82, 2.24) is 10.0 Å². The maximum Gasteiger partial charge on any atom is 0.250 e. The van der Waals surface area contributed by atoms with E-state index >= 15 is 0 Å². The first-order valence-electron chi connectivity index (χ1n) is 6.42. The zero-order chi connectivity index (χ0) is 15.1. The number of thiophene rings is 1. The van der Waals surface area contributed by atoms with Gasteiger partial charge in [-0.3, -0.25) is 4.79 Å². The minimum atomic E-state index is -3.58. The van der Waals surface area contributed by atoms with Gasteiger partial charge in [0.05, 0.1) is 6.54 Å². The second-order valence-corrected chi connectivity index (χ2v) is 7.28. The predicted octanol–water partition coefficient (Wildman–Crippen LogP) is 1.39. The summed E-state index contributed by atoms with van der Waals surface area (Å²) in [5.41, 5.74) is 1.12. The molecule has 2 rings (SSSR count). The molecule has 0 aliphatic rings. The Labute approximate surface area is 128 Å². The van der Waals surface area contributed by atoms with Crippen LogP contribution in [0.5, 0.6) is 0 Å². The first-order valence-corrected chi connectivity index (χ1v) is 8.78. The van der Waals surface area contributed by atoms with Gasteiger partial charge in [0.15, 0.2) is 0 Å². The highest BCUT2D eigenvalue weighted by Crippen LogP contribution is 2.14. The van der Waals surface area contributed by atoms with Gasteiger partial charge in [-0.15, -0.1) is 11.3 Å². The van der Waals surface area contributed by atoms with E-state index in [9.17, 15) is 13.2 Å². The summed E-state index contributed by atoms with van der Waals surface area (Å²) in [6, 6.07) is 12.9. The molecule has 0 aliphatic carbocycles. The molecule has 0 bridgehead atoms. The number of hydrogen-bond donors (Lipinski definition) is 2. The summed E-state index contributed by atoms with van der Waals surface area (Å²) in [6.07, 6.45) is 0.713. The van der Waals surface area contributed by atoms with E-state index in [1.54, 1.807) is 11.4 Å². The molecule has 0 aliphatic heterocycles. The second kappa shape index (κ2) is 7.35. The minimum Gasteiger partial charge on any atom is -0.355 e. The lowest BCUT2D eigenvalue weighted by Gasteiger charge is -2.06. The van der Waals surface area contributed by atoms with Crippen LogP contribution in [0.3, 0.4) is 0 Å². The van der Waals surface area contributed by atoms with Gasteiger partial charge in [-0.1, -0.05) is 36.4 Å². The average molecular weight is 324 g/mol. The van der Waals surface area contributed by atoms with Crippen LogP contribution < -0.4 is 10.0 Å².